The van der Waals surface area contributed by atoms with Crippen molar-refractivity contribution in [3.63, 3.8) is 0 Å². The van der Waals surface area contributed by atoms with Gasteiger partial charge in [-0.1, -0.05) is 38.5 Å². The molecule has 1 saturated heterocycles. The van der Waals surface area contributed by atoms with Crippen LogP contribution in [0.25, 0.3) is 0 Å². The topological polar surface area (TPSA) is 42.2 Å². The Morgan fingerprint density at radius 1 is 0.864 bits per heavy atom. The van der Waals surface area contributed by atoms with Crippen LogP contribution >= 0.6 is 0 Å². The van der Waals surface area contributed by atoms with Crippen molar-refractivity contribution in [1.29, 1.82) is 5.26 Å². The summed E-state index contributed by atoms with van der Waals surface area (Å²) in [7, 11) is 0. The Bertz CT molecular complexity index is 269. The Labute approximate surface area is 137 Å². The van der Waals surface area contributed by atoms with Crippen LogP contribution in [0.15, 0.2) is 0 Å². The first-order valence-corrected chi connectivity index (χ1v) is 9.50. The Morgan fingerprint density at radius 3 is 2.14 bits per heavy atom. The second-order valence-corrected chi connectivity index (χ2v) is 6.48. The van der Waals surface area contributed by atoms with E-state index in [1.54, 1.807) is 0 Å². The molecule has 128 valence electrons. The van der Waals surface area contributed by atoms with Crippen LogP contribution in [0.4, 0.5) is 0 Å². The Kier molecular flexibility index (Phi) is 13.5. The van der Waals surface area contributed by atoms with Crippen molar-refractivity contribution in [3.8, 4) is 6.07 Å². The normalized spacial score (nSPS) is 17.7. The van der Waals surface area contributed by atoms with Crippen LogP contribution in [0.1, 0.15) is 89.9 Å². The molecule has 0 amide bonds. The summed E-state index contributed by atoms with van der Waals surface area (Å²) >= 11 is 0. The van der Waals surface area contributed by atoms with Crippen molar-refractivity contribution in [2.75, 3.05) is 19.8 Å². The van der Waals surface area contributed by atoms with Gasteiger partial charge in [0, 0.05) is 26.2 Å². The van der Waals surface area contributed by atoms with Gasteiger partial charge in [-0.25, -0.2) is 0 Å². The van der Waals surface area contributed by atoms with Gasteiger partial charge >= 0.3 is 0 Å². The average molecular weight is 309 g/mol. The van der Waals surface area contributed by atoms with E-state index < -0.39 is 0 Å². The molecule has 0 bridgehead atoms. The Morgan fingerprint density at radius 2 is 1.50 bits per heavy atom. The standard InChI is InChI=1S/C19H35NO2/c20-15-9-6-4-2-1-3-5-7-10-16-21-17-11-8-13-19-14-12-18-22-19/h19H,1-14,16-18H2. The summed E-state index contributed by atoms with van der Waals surface area (Å²) < 4.78 is 11.3. The molecule has 0 N–H and O–H groups in total. The van der Waals surface area contributed by atoms with E-state index in [0.29, 0.717) is 6.10 Å². The monoisotopic (exact) mass is 309 g/mol. The summed E-state index contributed by atoms with van der Waals surface area (Å²) in [5, 5.41) is 8.44. The number of unbranched alkanes of at least 4 members (excludes halogenated alkanes) is 9. The Balaban J connectivity index is 1.65. The van der Waals surface area contributed by atoms with Crippen LogP contribution in [-0.2, 0) is 9.47 Å². The molecule has 1 unspecified atom stereocenters. The highest BCUT2D eigenvalue weighted by Crippen LogP contribution is 2.17. The van der Waals surface area contributed by atoms with E-state index >= 15 is 0 Å². The van der Waals surface area contributed by atoms with Gasteiger partial charge in [0.1, 0.15) is 0 Å². The molecule has 1 atom stereocenters. The summed E-state index contributed by atoms with van der Waals surface area (Å²) in [6, 6.07) is 2.21. The van der Waals surface area contributed by atoms with Crippen LogP contribution in [-0.4, -0.2) is 25.9 Å². The van der Waals surface area contributed by atoms with Gasteiger partial charge in [-0.15, -0.1) is 0 Å². The van der Waals surface area contributed by atoms with Gasteiger partial charge < -0.3 is 9.47 Å². The fourth-order valence-corrected chi connectivity index (χ4v) is 3.02. The summed E-state index contributed by atoms with van der Waals surface area (Å²) in [6.07, 6.45) is 17.5. The van der Waals surface area contributed by atoms with E-state index in [4.69, 9.17) is 14.7 Å². The minimum atomic E-state index is 0.542. The van der Waals surface area contributed by atoms with E-state index in [2.05, 4.69) is 6.07 Å². The van der Waals surface area contributed by atoms with Crippen LogP contribution < -0.4 is 0 Å². The molecule has 1 rings (SSSR count). The maximum Gasteiger partial charge on any atom is 0.0621 e. The SMILES string of the molecule is N#CCCCCCCCCCCOCCCCC1CCCO1. The van der Waals surface area contributed by atoms with E-state index in [1.807, 2.05) is 0 Å². The van der Waals surface area contributed by atoms with Crippen molar-refractivity contribution in [2.45, 2.75) is 96.0 Å². The summed E-state index contributed by atoms with van der Waals surface area (Å²) in [4.78, 5) is 0. The van der Waals surface area contributed by atoms with Gasteiger partial charge in [0.05, 0.1) is 12.2 Å². The first kappa shape index (κ1) is 19.5. The predicted molar refractivity (Wildman–Crippen MR) is 90.8 cm³/mol. The summed E-state index contributed by atoms with van der Waals surface area (Å²) in [5.41, 5.74) is 0. The number of nitrogens with zero attached hydrogens (tertiary/aromatic N) is 1. The fourth-order valence-electron chi connectivity index (χ4n) is 3.02. The van der Waals surface area contributed by atoms with Crippen molar-refractivity contribution in [3.05, 3.63) is 0 Å². The molecule has 1 heterocycles. The first-order valence-electron chi connectivity index (χ1n) is 9.50. The zero-order chi connectivity index (χ0) is 15.7. The minimum absolute atomic E-state index is 0.542. The molecule has 0 saturated carbocycles. The van der Waals surface area contributed by atoms with Crippen LogP contribution in [0.2, 0.25) is 0 Å². The molecule has 0 aliphatic carbocycles. The molecule has 0 aromatic heterocycles. The van der Waals surface area contributed by atoms with Gasteiger partial charge in [-0.3, -0.25) is 0 Å². The number of nitriles is 1. The minimum Gasteiger partial charge on any atom is -0.381 e. The maximum absolute atomic E-state index is 8.44. The van der Waals surface area contributed by atoms with Crippen LogP contribution in [0.5, 0.6) is 0 Å². The van der Waals surface area contributed by atoms with Gasteiger partial charge in [0.2, 0.25) is 0 Å². The van der Waals surface area contributed by atoms with E-state index in [0.717, 1.165) is 32.7 Å². The van der Waals surface area contributed by atoms with Gasteiger partial charge in [-0.05, 0) is 44.9 Å². The quantitative estimate of drug-likeness (QED) is 0.381. The highest BCUT2D eigenvalue weighted by molar-refractivity contribution is 4.67. The molecule has 0 aromatic rings. The highest BCUT2D eigenvalue weighted by atomic mass is 16.5. The summed E-state index contributed by atoms with van der Waals surface area (Å²) in [5.74, 6) is 0. The number of rotatable bonds is 15. The van der Waals surface area contributed by atoms with Crippen molar-refractivity contribution < 1.29 is 9.47 Å². The second-order valence-electron chi connectivity index (χ2n) is 6.48. The number of hydrogen-bond acceptors (Lipinski definition) is 3. The molecular formula is C19H35NO2. The zero-order valence-corrected chi connectivity index (χ0v) is 14.4. The third-order valence-corrected chi connectivity index (χ3v) is 4.42. The van der Waals surface area contributed by atoms with Crippen molar-refractivity contribution in [2.24, 2.45) is 0 Å². The number of hydrogen-bond donors (Lipinski definition) is 0. The van der Waals surface area contributed by atoms with E-state index in [-0.39, 0.29) is 0 Å². The van der Waals surface area contributed by atoms with Gasteiger partial charge in [0.25, 0.3) is 0 Å². The largest absolute Gasteiger partial charge is 0.381 e. The molecule has 22 heavy (non-hydrogen) atoms. The van der Waals surface area contributed by atoms with Gasteiger partial charge in [-0.2, -0.15) is 5.26 Å². The van der Waals surface area contributed by atoms with Crippen LogP contribution in [0, 0.1) is 11.3 Å². The second kappa shape index (κ2) is 15.3. The lowest BCUT2D eigenvalue weighted by molar-refractivity contribution is 0.0931. The molecule has 3 nitrogen and oxygen atoms in total. The lowest BCUT2D eigenvalue weighted by Crippen LogP contribution is -2.05. The van der Waals surface area contributed by atoms with Gasteiger partial charge in [0.15, 0.2) is 0 Å². The van der Waals surface area contributed by atoms with E-state index in [9.17, 15) is 0 Å². The molecule has 0 radical (unpaired) electrons. The Hall–Kier alpha value is -0.590. The lowest BCUT2D eigenvalue weighted by Gasteiger charge is -2.09. The average Bonchev–Trinajstić information content (AvgIpc) is 3.04. The molecule has 1 fully saturated rings. The lowest BCUT2D eigenvalue weighted by atomic mass is 10.1. The molecule has 0 aromatic carbocycles. The maximum atomic E-state index is 8.44. The molecule has 1 aliphatic heterocycles. The number of ether oxygens (including phenoxy) is 2. The fraction of sp³-hybridized carbons (Fsp3) is 0.947. The van der Waals surface area contributed by atoms with Crippen LogP contribution in [0.3, 0.4) is 0 Å². The molecular weight excluding hydrogens is 274 g/mol. The smallest absolute Gasteiger partial charge is 0.0621 e. The zero-order valence-electron chi connectivity index (χ0n) is 14.4. The highest BCUT2D eigenvalue weighted by Gasteiger charge is 2.14. The molecule has 1 aliphatic rings. The summed E-state index contributed by atoms with van der Waals surface area (Å²) in [6.45, 7) is 2.83. The third-order valence-electron chi connectivity index (χ3n) is 4.42. The molecule has 0 spiro atoms. The van der Waals surface area contributed by atoms with Crippen molar-refractivity contribution in [1.82, 2.24) is 0 Å². The van der Waals surface area contributed by atoms with E-state index in [1.165, 1.54) is 77.0 Å². The third kappa shape index (κ3) is 12.0. The molecule has 3 heteroatoms. The first-order chi connectivity index (χ1) is 10.9. The predicted octanol–water partition coefficient (Wildman–Crippen LogP) is 5.39. The van der Waals surface area contributed by atoms with Crippen molar-refractivity contribution >= 4 is 0 Å².